The summed E-state index contributed by atoms with van der Waals surface area (Å²) in [5, 5.41) is 9.42. The fourth-order valence-corrected chi connectivity index (χ4v) is 2.53. The number of thiophene rings is 1. The van der Waals surface area contributed by atoms with Crippen LogP contribution in [0.2, 0.25) is 5.28 Å². The minimum absolute atomic E-state index is 0.143. The highest BCUT2D eigenvalue weighted by Gasteiger charge is 2.06. The third-order valence-corrected chi connectivity index (χ3v) is 3.65. The van der Waals surface area contributed by atoms with Crippen molar-refractivity contribution in [3.05, 3.63) is 46.1 Å². The average Bonchev–Trinajstić information content (AvgIpc) is 3.11. The number of aromatic nitrogens is 5. The lowest BCUT2D eigenvalue weighted by molar-refractivity contribution is 0.794. The van der Waals surface area contributed by atoms with Crippen molar-refractivity contribution < 1.29 is 0 Å². The molecular weight excluding hydrogens is 296 g/mol. The van der Waals surface area contributed by atoms with Crippen LogP contribution in [0.4, 0.5) is 5.95 Å². The Morgan fingerprint density at radius 3 is 2.95 bits per heavy atom. The fraction of sp³-hybridized carbons (Fsp3) is 0.167. The van der Waals surface area contributed by atoms with Crippen molar-refractivity contribution in [1.29, 1.82) is 0 Å². The minimum atomic E-state index is 0.143. The van der Waals surface area contributed by atoms with E-state index < -0.39 is 0 Å². The zero-order chi connectivity index (χ0) is 13.8. The summed E-state index contributed by atoms with van der Waals surface area (Å²) in [6, 6.07) is 5.93. The van der Waals surface area contributed by atoms with Gasteiger partial charge in [0, 0.05) is 23.8 Å². The van der Waals surface area contributed by atoms with Crippen LogP contribution in [0.1, 0.15) is 4.88 Å². The maximum atomic E-state index is 5.90. The van der Waals surface area contributed by atoms with Crippen LogP contribution >= 0.6 is 22.9 Å². The number of anilines is 1. The summed E-state index contributed by atoms with van der Waals surface area (Å²) in [4.78, 5) is 13.7. The van der Waals surface area contributed by atoms with E-state index in [1.54, 1.807) is 29.8 Å². The van der Waals surface area contributed by atoms with Crippen LogP contribution in [0.25, 0.3) is 5.95 Å². The normalized spacial score (nSPS) is 10.7. The Morgan fingerprint density at radius 2 is 2.20 bits per heavy atom. The predicted octanol–water partition coefficient (Wildman–Crippen LogP) is 2.43. The van der Waals surface area contributed by atoms with E-state index in [1.165, 1.54) is 9.56 Å². The molecule has 0 amide bonds. The number of hydrogen-bond acceptors (Lipinski definition) is 6. The standard InChI is InChI=1S/C12H11ClN6S/c13-10-16-11(14-6-4-9-3-1-8-20-9)18-12(17-10)19-7-2-5-15-19/h1-3,5,7-8H,4,6H2,(H,14,16,17,18). The van der Waals surface area contributed by atoms with Crippen LogP contribution in [0.3, 0.4) is 0 Å². The Morgan fingerprint density at radius 1 is 1.25 bits per heavy atom. The molecule has 0 aliphatic carbocycles. The van der Waals surface area contributed by atoms with Gasteiger partial charge in [-0.1, -0.05) is 6.07 Å². The van der Waals surface area contributed by atoms with Gasteiger partial charge in [0.1, 0.15) is 0 Å². The highest BCUT2D eigenvalue weighted by atomic mass is 35.5. The molecule has 0 fully saturated rings. The molecule has 6 nitrogen and oxygen atoms in total. The topological polar surface area (TPSA) is 68.5 Å². The Bertz CT molecular complexity index is 667. The highest BCUT2D eigenvalue weighted by molar-refractivity contribution is 7.09. The first-order chi connectivity index (χ1) is 9.81. The van der Waals surface area contributed by atoms with Gasteiger partial charge in [-0.05, 0) is 35.5 Å². The third kappa shape index (κ3) is 3.12. The summed E-state index contributed by atoms with van der Waals surface area (Å²) in [5.74, 6) is 0.848. The summed E-state index contributed by atoms with van der Waals surface area (Å²) < 4.78 is 1.54. The Hall–Kier alpha value is -1.99. The SMILES string of the molecule is Clc1nc(NCCc2cccs2)nc(-n2cccn2)n1. The van der Waals surface area contributed by atoms with Crippen molar-refractivity contribution in [3.8, 4) is 5.95 Å². The smallest absolute Gasteiger partial charge is 0.256 e. The molecule has 3 aromatic heterocycles. The molecule has 8 heteroatoms. The minimum Gasteiger partial charge on any atom is -0.354 e. The van der Waals surface area contributed by atoms with Crippen LogP contribution in [0.15, 0.2) is 36.0 Å². The fourth-order valence-electron chi connectivity index (χ4n) is 1.66. The molecule has 0 bridgehead atoms. The Balaban J connectivity index is 1.70. The Kier molecular flexibility index (Phi) is 3.89. The number of halogens is 1. The van der Waals surface area contributed by atoms with E-state index in [9.17, 15) is 0 Å². The highest BCUT2D eigenvalue weighted by Crippen LogP contribution is 2.11. The molecular formula is C12H11ClN6S. The summed E-state index contributed by atoms with van der Waals surface area (Å²) in [6.07, 6.45) is 4.32. The summed E-state index contributed by atoms with van der Waals surface area (Å²) in [5.41, 5.74) is 0. The lowest BCUT2D eigenvalue weighted by Gasteiger charge is -2.06. The van der Waals surface area contributed by atoms with Gasteiger partial charge in [-0.25, -0.2) is 4.68 Å². The average molecular weight is 307 g/mol. The van der Waals surface area contributed by atoms with Crippen molar-refractivity contribution >= 4 is 28.9 Å². The lowest BCUT2D eigenvalue weighted by atomic mass is 10.3. The van der Waals surface area contributed by atoms with Crippen LogP contribution in [-0.4, -0.2) is 31.3 Å². The van der Waals surface area contributed by atoms with E-state index >= 15 is 0 Å². The molecule has 0 saturated heterocycles. The molecule has 0 aliphatic heterocycles. The molecule has 0 unspecified atom stereocenters. The first-order valence-electron chi connectivity index (χ1n) is 5.99. The number of hydrogen-bond donors (Lipinski definition) is 1. The van der Waals surface area contributed by atoms with E-state index in [4.69, 9.17) is 11.6 Å². The lowest BCUT2D eigenvalue weighted by Crippen LogP contribution is -2.11. The largest absolute Gasteiger partial charge is 0.354 e. The second-order valence-corrected chi connectivity index (χ2v) is 5.31. The van der Waals surface area contributed by atoms with Gasteiger partial charge < -0.3 is 5.32 Å². The number of nitrogens with zero attached hydrogens (tertiary/aromatic N) is 5. The van der Waals surface area contributed by atoms with Gasteiger partial charge in [-0.3, -0.25) is 0 Å². The monoisotopic (exact) mass is 306 g/mol. The molecule has 102 valence electrons. The van der Waals surface area contributed by atoms with Gasteiger partial charge >= 0.3 is 0 Å². The van der Waals surface area contributed by atoms with E-state index in [0.717, 1.165) is 13.0 Å². The van der Waals surface area contributed by atoms with Crippen molar-refractivity contribution in [1.82, 2.24) is 24.7 Å². The van der Waals surface area contributed by atoms with Gasteiger partial charge in [0.2, 0.25) is 11.2 Å². The maximum absolute atomic E-state index is 5.90. The molecule has 0 aliphatic rings. The Labute approximate surface area is 124 Å². The molecule has 3 heterocycles. The van der Waals surface area contributed by atoms with Gasteiger partial charge in [0.25, 0.3) is 5.95 Å². The molecule has 1 N–H and O–H groups in total. The second-order valence-electron chi connectivity index (χ2n) is 3.93. The molecule has 0 atom stereocenters. The van der Waals surface area contributed by atoms with E-state index in [-0.39, 0.29) is 5.28 Å². The molecule has 3 aromatic rings. The number of nitrogens with one attached hydrogen (secondary N) is 1. The van der Waals surface area contributed by atoms with Crippen LogP contribution in [0.5, 0.6) is 0 Å². The van der Waals surface area contributed by atoms with Gasteiger partial charge in [-0.2, -0.15) is 20.1 Å². The summed E-state index contributed by atoms with van der Waals surface area (Å²) in [6.45, 7) is 0.736. The molecule has 3 rings (SSSR count). The van der Waals surface area contributed by atoms with Crippen LogP contribution in [-0.2, 0) is 6.42 Å². The van der Waals surface area contributed by atoms with E-state index in [1.807, 2.05) is 6.07 Å². The number of rotatable bonds is 5. The quantitative estimate of drug-likeness (QED) is 0.784. The molecule has 20 heavy (non-hydrogen) atoms. The van der Waals surface area contributed by atoms with E-state index in [2.05, 4.69) is 36.8 Å². The first kappa shape index (κ1) is 13.0. The summed E-state index contributed by atoms with van der Waals surface area (Å²) >= 11 is 7.63. The molecule has 0 aromatic carbocycles. The molecule has 0 radical (unpaired) electrons. The van der Waals surface area contributed by atoms with Gasteiger partial charge in [0.15, 0.2) is 0 Å². The van der Waals surface area contributed by atoms with Crippen molar-refractivity contribution in [2.24, 2.45) is 0 Å². The van der Waals surface area contributed by atoms with Crippen molar-refractivity contribution in [3.63, 3.8) is 0 Å². The zero-order valence-electron chi connectivity index (χ0n) is 10.4. The predicted molar refractivity (Wildman–Crippen MR) is 78.5 cm³/mol. The van der Waals surface area contributed by atoms with Crippen LogP contribution < -0.4 is 5.32 Å². The van der Waals surface area contributed by atoms with Crippen molar-refractivity contribution in [2.75, 3.05) is 11.9 Å². The van der Waals surface area contributed by atoms with Gasteiger partial charge in [-0.15, -0.1) is 11.3 Å². The first-order valence-corrected chi connectivity index (χ1v) is 7.25. The summed E-state index contributed by atoms with van der Waals surface area (Å²) in [7, 11) is 0. The maximum Gasteiger partial charge on any atom is 0.256 e. The molecule has 0 saturated carbocycles. The van der Waals surface area contributed by atoms with Crippen LogP contribution in [0, 0.1) is 0 Å². The van der Waals surface area contributed by atoms with E-state index in [0.29, 0.717) is 11.9 Å². The zero-order valence-corrected chi connectivity index (χ0v) is 12.0. The van der Waals surface area contributed by atoms with Crippen molar-refractivity contribution in [2.45, 2.75) is 6.42 Å². The second kappa shape index (κ2) is 5.98. The molecule has 0 spiro atoms. The third-order valence-electron chi connectivity index (χ3n) is 2.54. The van der Waals surface area contributed by atoms with Gasteiger partial charge in [0.05, 0.1) is 0 Å².